The van der Waals surface area contributed by atoms with Gasteiger partial charge in [-0.15, -0.1) is 11.3 Å². The molecule has 0 radical (unpaired) electrons. The summed E-state index contributed by atoms with van der Waals surface area (Å²) in [6.07, 6.45) is 2.44. The van der Waals surface area contributed by atoms with Gasteiger partial charge in [0.2, 0.25) is 5.91 Å². The van der Waals surface area contributed by atoms with Crippen LogP contribution < -0.4 is 5.32 Å². The van der Waals surface area contributed by atoms with Gasteiger partial charge in [-0.05, 0) is 52.0 Å². The third-order valence-electron chi connectivity index (χ3n) is 3.95. The molecule has 0 fully saturated rings. The van der Waals surface area contributed by atoms with E-state index in [4.69, 9.17) is 0 Å². The number of nitrogens with one attached hydrogen (secondary N) is 1. The van der Waals surface area contributed by atoms with E-state index in [2.05, 4.69) is 41.8 Å². The Morgan fingerprint density at radius 1 is 1.45 bits per heavy atom. The van der Waals surface area contributed by atoms with Crippen molar-refractivity contribution in [3.63, 3.8) is 0 Å². The monoisotopic (exact) mass is 319 g/mol. The third-order valence-corrected chi connectivity index (χ3v) is 4.89. The van der Waals surface area contributed by atoms with Gasteiger partial charge >= 0.3 is 0 Å². The molecule has 2 aromatic rings. The number of hydrogen-bond acceptors (Lipinski definition) is 3. The van der Waals surface area contributed by atoms with Crippen LogP contribution in [0, 0.1) is 13.8 Å². The minimum Gasteiger partial charge on any atom is -0.349 e. The van der Waals surface area contributed by atoms with E-state index in [-0.39, 0.29) is 11.9 Å². The van der Waals surface area contributed by atoms with Gasteiger partial charge in [0.15, 0.2) is 0 Å². The van der Waals surface area contributed by atoms with Gasteiger partial charge in [-0.2, -0.15) is 5.10 Å². The number of rotatable bonds is 7. The molecule has 5 heteroatoms. The van der Waals surface area contributed by atoms with E-state index < -0.39 is 0 Å². The topological polar surface area (TPSA) is 46.9 Å². The molecule has 22 heavy (non-hydrogen) atoms. The smallest absolute Gasteiger partial charge is 0.220 e. The van der Waals surface area contributed by atoms with E-state index in [1.54, 1.807) is 11.3 Å². The maximum Gasteiger partial charge on any atom is 0.220 e. The molecule has 0 saturated carbocycles. The zero-order valence-electron chi connectivity index (χ0n) is 13.8. The Hall–Kier alpha value is -1.62. The fourth-order valence-electron chi connectivity index (χ4n) is 2.91. The lowest BCUT2D eigenvalue weighted by atomic mass is 10.1. The van der Waals surface area contributed by atoms with Crippen molar-refractivity contribution in [3.8, 4) is 0 Å². The Morgan fingerprint density at radius 3 is 2.82 bits per heavy atom. The van der Waals surface area contributed by atoms with E-state index in [1.807, 2.05) is 18.5 Å². The Kier molecular flexibility index (Phi) is 5.77. The number of amides is 1. The van der Waals surface area contributed by atoms with Gasteiger partial charge in [0.25, 0.3) is 0 Å². The molecule has 0 aliphatic carbocycles. The van der Waals surface area contributed by atoms with Crippen LogP contribution in [0.5, 0.6) is 0 Å². The normalized spacial score (nSPS) is 12.4. The van der Waals surface area contributed by atoms with Gasteiger partial charge in [0.05, 0.1) is 11.7 Å². The predicted octanol–water partition coefficient (Wildman–Crippen LogP) is 3.78. The number of hydrogen-bond donors (Lipinski definition) is 1. The van der Waals surface area contributed by atoms with Crippen molar-refractivity contribution in [2.75, 3.05) is 0 Å². The molecule has 1 atom stereocenters. The highest BCUT2D eigenvalue weighted by Gasteiger charge is 2.18. The van der Waals surface area contributed by atoms with Crippen LogP contribution in [0.3, 0.4) is 0 Å². The maximum absolute atomic E-state index is 12.1. The van der Waals surface area contributed by atoms with Crippen LogP contribution in [0.15, 0.2) is 17.5 Å². The van der Waals surface area contributed by atoms with E-state index >= 15 is 0 Å². The van der Waals surface area contributed by atoms with Crippen LogP contribution in [0.1, 0.15) is 54.6 Å². The Bertz CT molecular complexity index is 616. The summed E-state index contributed by atoms with van der Waals surface area (Å²) in [5.74, 6) is 0.118. The fourth-order valence-corrected chi connectivity index (χ4v) is 3.66. The number of aryl methyl sites for hydroxylation is 3. The molecular weight excluding hydrogens is 294 g/mol. The molecule has 0 bridgehead atoms. The van der Waals surface area contributed by atoms with E-state index in [1.165, 1.54) is 4.88 Å². The molecule has 0 aromatic carbocycles. The van der Waals surface area contributed by atoms with Crippen molar-refractivity contribution >= 4 is 17.2 Å². The lowest BCUT2D eigenvalue weighted by molar-refractivity contribution is -0.121. The quantitative estimate of drug-likeness (QED) is 0.844. The standard InChI is InChI=1S/C17H25N3OS/c1-5-20-14(4)17(13(3)19-20)12(2)18-16(21)10-6-8-15-9-7-11-22-15/h7,9,11-12H,5-6,8,10H2,1-4H3,(H,18,21). The number of carbonyl (C=O) groups is 1. The van der Waals surface area contributed by atoms with Crippen molar-refractivity contribution < 1.29 is 4.79 Å². The molecule has 0 aliphatic rings. The fraction of sp³-hybridized carbons (Fsp3) is 0.529. The van der Waals surface area contributed by atoms with Gasteiger partial charge in [-0.3, -0.25) is 9.48 Å². The number of nitrogens with zero attached hydrogens (tertiary/aromatic N) is 2. The number of carbonyl (C=O) groups excluding carboxylic acids is 1. The summed E-state index contributed by atoms with van der Waals surface area (Å²) in [6, 6.07) is 4.19. The number of thiophene rings is 1. The molecule has 2 aromatic heterocycles. The highest BCUT2D eigenvalue weighted by atomic mass is 32.1. The highest BCUT2D eigenvalue weighted by molar-refractivity contribution is 7.09. The molecule has 1 unspecified atom stereocenters. The van der Waals surface area contributed by atoms with Crippen LogP contribution in [-0.2, 0) is 17.8 Å². The number of aromatic nitrogens is 2. The van der Waals surface area contributed by atoms with E-state index in [9.17, 15) is 4.79 Å². The van der Waals surface area contributed by atoms with E-state index in [0.717, 1.165) is 36.3 Å². The molecule has 1 N–H and O–H groups in total. The predicted molar refractivity (Wildman–Crippen MR) is 91.2 cm³/mol. The molecule has 2 rings (SSSR count). The lowest BCUT2D eigenvalue weighted by Crippen LogP contribution is -2.27. The Morgan fingerprint density at radius 2 is 2.23 bits per heavy atom. The Labute approximate surface area is 136 Å². The first-order valence-corrected chi connectivity index (χ1v) is 8.76. The van der Waals surface area contributed by atoms with Gasteiger partial charge < -0.3 is 5.32 Å². The molecular formula is C17H25N3OS. The van der Waals surface area contributed by atoms with Crippen LogP contribution >= 0.6 is 11.3 Å². The zero-order chi connectivity index (χ0) is 16.1. The van der Waals surface area contributed by atoms with Gasteiger partial charge in [-0.25, -0.2) is 0 Å². The summed E-state index contributed by atoms with van der Waals surface area (Å²) < 4.78 is 1.99. The van der Waals surface area contributed by atoms with Crippen LogP contribution in [0.25, 0.3) is 0 Å². The van der Waals surface area contributed by atoms with E-state index in [0.29, 0.717) is 6.42 Å². The van der Waals surface area contributed by atoms with Crippen molar-refractivity contribution in [1.29, 1.82) is 0 Å². The lowest BCUT2D eigenvalue weighted by Gasteiger charge is -2.15. The molecule has 1 amide bonds. The van der Waals surface area contributed by atoms with Crippen LogP contribution in [0.2, 0.25) is 0 Å². The van der Waals surface area contributed by atoms with Crippen molar-refractivity contribution in [3.05, 3.63) is 39.3 Å². The summed E-state index contributed by atoms with van der Waals surface area (Å²) in [4.78, 5) is 13.5. The third kappa shape index (κ3) is 3.97. The summed E-state index contributed by atoms with van der Waals surface area (Å²) in [5.41, 5.74) is 3.30. The minimum absolute atomic E-state index is 0.00883. The van der Waals surface area contributed by atoms with Crippen molar-refractivity contribution in [1.82, 2.24) is 15.1 Å². The molecule has 120 valence electrons. The largest absolute Gasteiger partial charge is 0.349 e. The molecule has 0 spiro atoms. The highest BCUT2D eigenvalue weighted by Crippen LogP contribution is 2.21. The first kappa shape index (κ1) is 16.7. The summed E-state index contributed by atoms with van der Waals surface area (Å²) >= 11 is 1.75. The first-order valence-electron chi connectivity index (χ1n) is 7.88. The summed E-state index contributed by atoms with van der Waals surface area (Å²) in [7, 11) is 0. The average Bonchev–Trinajstić information content (AvgIpc) is 3.06. The average molecular weight is 319 g/mol. The molecule has 4 nitrogen and oxygen atoms in total. The van der Waals surface area contributed by atoms with Crippen LogP contribution in [-0.4, -0.2) is 15.7 Å². The van der Waals surface area contributed by atoms with Crippen molar-refractivity contribution in [2.45, 2.75) is 59.5 Å². The van der Waals surface area contributed by atoms with Gasteiger partial charge in [-0.1, -0.05) is 6.07 Å². The Balaban J connectivity index is 1.87. The maximum atomic E-state index is 12.1. The second-order valence-electron chi connectivity index (χ2n) is 5.62. The summed E-state index contributed by atoms with van der Waals surface area (Å²) in [6.45, 7) is 9.05. The summed E-state index contributed by atoms with van der Waals surface area (Å²) in [5, 5.41) is 9.70. The zero-order valence-corrected chi connectivity index (χ0v) is 14.7. The van der Waals surface area contributed by atoms with Gasteiger partial charge in [0.1, 0.15) is 0 Å². The molecule has 0 aliphatic heterocycles. The van der Waals surface area contributed by atoms with Gasteiger partial charge in [0, 0.05) is 29.1 Å². The second kappa shape index (κ2) is 7.58. The van der Waals surface area contributed by atoms with Crippen molar-refractivity contribution in [2.24, 2.45) is 0 Å². The van der Waals surface area contributed by atoms with Crippen LogP contribution in [0.4, 0.5) is 0 Å². The SMILES string of the molecule is CCn1nc(C)c(C(C)NC(=O)CCCc2cccs2)c1C. The second-order valence-corrected chi connectivity index (χ2v) is 6.65. The first-order chi connectivity index (χ1) is 10.5. The minimum atomic E-state index is 0.00883. The molecule has 0 saturated heterocycles. The molecule has 2 heterocycles.